The summed E-state index contributed by atoms with van der Waals surface area (Å²) in [6.07, 6.45) is -0.986. The molecule has 0 heterocycles. The van der Waals surface area contributed by atoms with Crippen LogP contribution in [-0.4, -0.2) is 24.1 Å². The van der Waals surface area contributed by atoms with E-state index in [1.165, 1.54) is 12.1 Å². The number of carbonyl (C=O) groups excluding carboxylic acids is 2. The molecule has 2 aromatic rings. The first-order chi connectivity index (χ1) is 12.7. The van der Waals surface area contributed by atoms with E-state index in [9.17, 15) is 9.59 Å². The van der Waals surface area contributed by atoms with E-state index < -0.39 is 18.0 Å². The number of halogens is 3. The van der Waals surface area contributed by atoms with Crippen LogP contribution in [0.1, 0.15) is 31.1 Å². The molecule has 0 bridgehead atoms. The van der Waals surface area contributed by atoms with Gasteiger partial charge in [-0.2, -0.15) is 0 Å². The van der Waals surface area contributed by atoms with Crippen LogP contribution < -0.4 is 10.1 Å². The summed E-state index contributed by atoms with van der Waals surface area (Å²) in [5.74, 6) is -0.430. The van der Waals surface area contributed by atoms with Crippen LogP contribution in [0.2, 0.25) is 15.1 Å². The third kappa shape index (κ3) is 6.03. The van der Waals surface area contributed by atoms with Gasteiger partial charge in [-0.25, -0.2) is 4.79 Å². The molecule has 1 unspecified atom stereocenters. The van der Waals surface area contributed by atoms with Crippen LogP contribution in [0, 0.1) is 0 Å². The number of nitrogens with one attached hydrogen (secondary N) is 1. The molecular formula is C19H18Cl3NO4. The molecule has 0 aliphatic rings. The maximum absolute atomic E-state index is 12.4. The molecule has 0 saturated heterocycles. The van der Waals surface area contributed by atoms with Gasteiger partial charge in [-0.3, -0.25) is 4.79 Å². The molecular weight excluding hydrogens is 413 g/mol. The molecule has 1 atom stereocenters. The van der Waals surface area contributed by atoms with Gasteiger partial charge in [-0.15, -0.1) is 0 Å². The molecule has 0 fully saturated rings. The lowest BCUT2D eigenvalue weighted by atomic mass is 10.2. The first-order valence-corrected chi connectivity index (χ1v) is 9.24. The second-order valence-corrected chi connectivity index (χ2v) is 7.22. The van der Waals surface area contributed by atoms with Gasteiger partial charge < -0.3 is 14.8 Å². The summed E-state index contributed by atoms with van der Waals surface area (Å²) in [7, 11) is 0. The van der Waals surface area contributed by atoms with Crippen LogP contribution in [0.15, 0.2) is 36.4 Å². The van der Waals surface area contributed by atoms with Crippen LogP contribution in [0.4, 0.5) is 5.69 Å². The Morgan fingerprint density at radius 3 is 2.04 bits per heavy atom. The topological polar surface area (TPSA) is 64.6 Å². The lowest BCUT2D eigenvalue weighted by molar-refractivity contribution is -0.154. The number of rotatable bonds is 6. The van der Waals surface area contributed by atoms with Crippen molar-refractivity contribution in [1.29, 1.82) is 0 Å². The van der Waals surface area contributed by atoms with Gasteiger partial charge >= 0.3 is 5.97 Å². The zero-order valence-electron chi connectivity index (χ0n) is 14.9. The van der Waals surface area contributed by atoms with Crippen LogP contribution >= 0.6 is 34.8 Å². The molecule has 1 amide bonds. The van der Waals surface area contributed by atoms with Gasteiger partial charge in [0.2, 0.25) is 0 Å². The van der Waals surface area contributed by atoms with Gasteiger partial charge in [0.15, 0.2) is 6.10 Å². The average Bonchev–Trinajstić information content (AvgIpc) is 2.57. The quantitative estimate of drug-likeness (QED) is 0.604. The lowest BCUT2D eigenvalue weighted by Gasteiger charge is -2.16. The third-order valence-corrected chi connectivity index (χ3v) is 4.17. The van der Waals surface area contributed by atoms with E-state index >= 15 is 0 Å². The molecule has 0 aromatic heterocycles. The monoisotopic (exact) mass is 429 g/mol. The number of hydrogen-bond acceptors (Lipinski definition) is 4. The molecule has 0 radical (unpaired) electrons. The van der Waals surface area contributed by atoms with Crippen molar-refractivity contribution >= 4 is 52.4 Å². The highest BCUT2D eigenvalue weighted by molar-refractivity contribution is 6.42. The number of benzene rings is 2. The zero-order chi connectivity index (χ0) is 20.1. The molecule has 27 heavy (non-hydrogen) atoms. The van der Waals surface area contributed by atoms with Crippen molar-refractivity contribution in [3.05, 3.63) is 57.0 Å². The first kappa shape index (κ1) is 21.4. The molecule has 2 aromatic carbocycles. The smallest absolute Gasteiger partial charge is 0.347 e. The Labute approximate surface area is 172 Å². The maximum Gasteiger partial charge on any atom is 0.347 e. The fraction of sp³-hybridized carbons (Fsp3) is 0.263. The number of esters is 1. The molecule has 0 aliphatic heterocycles. The number of ether oxygens (including phenoxy) is 2. The maximum atomic E-state index is 12.4. The van der Waals surface area contributed by atoms with E-state index in [-0.39, 0.29) is 21.8 Å². The van der Waals surface area contributed by atoms with E-state index in [1.807, 2.05) is 0 Å². The van der Waals surface area contributed by atoms with E-state index in [0.717, 1.165) is 0 Å². The van der Waals surface area contributed by atoms with Crippen molar-refractivity contribution < 1.29 is 19.1 Å². The third-order valence-electron chi connectivity index (χ3n) is 3.36. The average molecular weight is 431 g/mol. The summed E-state index contributed by atoms with van der Waals surface area (Å²) >= 11 is 18.0. The fourth-order valence-corrected chi connectivity index (χ4v) is 3.02. The highest BCUT2D eigenvalue weighted by Crippen LogP contribution is 2.34. The SMILES string of the molecule is CC(C)OC(=O)C(C)Oc1ccc(C(=O)Nc2c(Cl)cc(Cl)cc2Cl)cc1. The molecule has 2 rings (SSSR count). The summed E-state index contributed by atoms with van der Waals surface area (Å²) in [5, 5.41) is 3.48. The van der Waals surface area contributed by atoms with Crippen LogP contribution in [0.3, 0.4) is 0 Å². The van der Waals surface area contributed by atoms with E-state index in [0.29, 0.717) is 16.3 Å². The van der Waals surface area contributed by atoms with Crippen LogP contribution in [0.25, 0.3) is 0 Å². The Balaban J connectivity index is 2.04. The molecule has 0 aliphatic carbocycles. The Bertz CT molecular complexity index is 814. The van der Waals surface area contributed by atoms with Gasteiger partial charge in [-0.05, 0) is 57.2 Å². The Kier molecular flexibility index (Phi) is 7.36. The molecule has 0 saturated carbocycles. The zero-order valence-corrected chi connectivity index (χ0v) is 17.2. The fourth-order valence-electron chi connectivity index (χ4n) is 2.11. The largest absolute Gasteiger partial charge is 0.479 e. The van der Waals surface area contributed by atoms with E-state index in [2.05, 4.69) is 5.32 Å². The summed E-state index contributed by atoms with van der Waals surface area (Å²) in [6, 6.07) is 9.25. The minimum atomic E-state index is -0.765. The van der Waals surface area contributed by atoms with Crippen molar-refractivity contribution in [2.24, 2.45) is 0 Å². The molecule has 144 valence electrons. The van der Waals surface area contributed by atoms with Crippen molar-refractivity contribution in [3.8, 4) is 5.75 Å². The minimum Gasteiger partial charge on any atom is -0.479 e. The number of amides is 1. The summed E-state index contributed by atoms with van der Waals surface area (Å²) in [4.78, 5) is 24.2. The van der Waals surface area contributed by atoms with Crippen LogP contribution in [0.5, 0.6) is 5.75 Å². The number of carbonyl (C=O) groups is 2. The first-order valence-electron chi connectivity index (χ1n) is 8.10. The van der Waals surface area contributed by atoms with Gasteiger partial charge in [0.25, 0.3) is 5.91 Å². The number of hydrogen-bond donors (Lipinski definition) is 1. The molecule has 8 heteroatoms. The van der Waals surface area contributed by atoms with Crippen LogP contribution in [-0.2, 0) is 9.53 Å². The van der Waals surface area contributed by atoms with Crippen molar-refractivity contribution in [3.63, 3.8) is 0 Å². The highest BCUT2D eigenvalue weighted by atomic mass is 35.5. The molecule has 0 spiro atoms. The summed E-state index contributed by atoms with van der Waals surface area (Å²) in [6.45, 7) is 5.12. The Morgan fingerprint density at radius 2 is 1.52 bits per heavy atom. The Morgan fingerprint density at radius 1 is 0.963 bits per heavy atom. The van der Waals surface area contributed by atoms with Crippen molar-refractivity contribution in [2.75, 3.05) is 5.32 Å². The lowest BCUT2D eigenvalue weighted by Crippen LogP contribution is -2.28. The van der Waals surface area contributed by atoms with Gasteiger partial charge in [0.05, 0.1) is 21.8 Å². The predicted octanol–water partition coefficient (Wildman–Crippen LogP) is 5.62. The second-order valence-electron chi connectivity index (χ2n) is 5.97. The van der Waals surface area contributed by atoms with Gasteiger partial charge in [-0.1, -0.05) is 34.8 Å². The van der Waals surface area contributed by atoms with Crippen molar-refractivity contribution in [2.45, 2.75) is 33.0 Å². The molecule has 5 nitrogen and oxygen atoms in total. The van der Waals surface area contributed by atoms with E-state index in [1.54, 1.807) is 45.0 Å². The van der Waals surface area contributed by atoms with E-state index in [4.69, 9.17) is 44.3 Å². The van der Waals surface area contributed by atoms with Gasteiger partial charge in [0.1, 0.15) is 5.75 Å². The summed E-state index contributed by atoms with van der Waals surface area (Å²) < 4.78 is 10.6. The standard InChI is InChI=1S/C19H18Cl3NO4/c1-10(2)26-19(25)11(3)27-14-6-4-12(5-7-14)18(24)23-17-15(21)8-13(20)9-16(17)22/h4-11H,1-3H3,(H,23,24). The predicted molar refractivity (Wildman–Crippen MR) is 107 cm³/mol. The minimum absolute atomic E-state index is 0.221. The Hall–Kier alpha value is -1.95. The van der Waals surface area contributed by atoms with Crippen molar-refractivity contribution in [1.82, 2.24) is 0 Å². The normalized spacial score (nSPS) is 11.8. The second kappa shape index (κ2) is 9.31. The summed E-state index contributed by atoms with van der Waals surface area (Å²) in [5.41, 5.74) is 0.639. The van der Waals surface area contributed by atoms with Gasteiger partial charge in [0, 0.05) is 10.6 Å². The highest BCUT2D eigenvalue weighted by Gasteiger charge is 2.18. The molecule has 1 N–H and O–H groups in total. The number of anilines is 1.